The van der Waals surface area contributed by atoms with E-state index in [0.29, 0.717) is 28.8 Å². The van der Waals surface area contributed by atoms with Crippen LogP contribution in [0.2, 0.25) is 0 Å². The molecule has 1 aliphatic carbocycles. The highest BCUT2D eigenvalue weighted by molar-refractivity contribution is 7.95. The number of hydrogen-bond acceptors (Lipinski definition) is 14. The highest BCUT2D eigenvalue weighted by Gasteiger charge is 2.37. The third-order valence-corrected chi connectivity index (χ3v) is 8.25. The van der Waals surface area contributed by atoms with Crippen molar-refractivity contribution in [3.63, 3.8) is 0 Å². The monoisotopic (exact) mass is 615 g/mol. The fourth-order valence-electron chi connectivity index (χ4n) is 4.73. The molecule has 7 N–H and O–H groups in total. The minimum Gasteiger partial charge on any atom is -0.492 e. The molecule has 0 bridgehead atoms. The number of nitrogens with two attached hydrogens (primary N) is 1. The summed E-state index contributed by atoms with van der Waals surface area (Å²) in [6.07, 6.45) is 0.343. The van der Waals surface area contributed by atoms with Gasteiger partial charge in [-0.1, -0.05) is 5.04 Å². The Morgan fingerprint density at radius 2 is 1.93 bits per heavy atom. The maximum absolute atomic E-state index is 12.8. The summed E-state index contributed by atoms with van der Waals surface area (Å²) in [5, 5.41) is 33.5. The van der Waals surface area contributed by atoms with Gasteiger partial charge in [0.15, 0.2) is 10.5 Å². The van der Waals surface area contributed by atoms with Gasteiger partial charge in [-0.3, -0.25) is 9.35 Å². The molecule has 16 nitrogen and oxygen atoms in total. The first-order valence-electron chi connectivity index (χ1n) is 12.0. The molecule has 18 heteroatoms. The normalized spacial score (nSPS) is 15.5. The molecule has 1 aliphatic rings. The summed E-state index contributed by atoms with van der Waals surface area (Å²) in [4.78, 5) is 41.5. The number of benzene rings is 1. The van der Waals surface area contributed by atoms with Crippen LogP contribution in [-0.4, -0.2) is 56.8 Å². The molecule has 2 aromatic heterocycles. The quantitative estimate of drug-likeness (QED) is 0.0319. The Morgan fingerprint density at radius 1 is 1.22 bits per heavy atom. The van der Waals surface area contributed by atoms with Crippen molar-refractivity contribution in [3.05, 3.63) is 45.8 Å². The fraction of sp³-hybridized carbons (Fsp3) is 0.348. The number of carbonyl (C=O) groups is 2. The predicted octanol–water partition coefficient (Wildman–Crippen LogP) is 1.24. The molecule has 2 heterocycles. The summed E-state index contributed by atoms with van der Waals surface area (Å²) in [6, 6.07) is 4.94. The largest absolute Gasteiger partial charge is 0.492 e. The minimum atomic E-state index is -4.87. The molecular formula is C23H25N3O13S2. The first-order valence-corrected chi connectivity index (χ1v) is 14.2. The van der Waals surface area contributed by atoms with Crippen LogP contribution in [0.15, 0.2) is 38.4 Å². The van der Waals surface area contributed by atoms with Crippen molar-refractivity contribution in [2.45, 2.75) is 48.2 Å². The molecule has 4 rings (SSSR count). The van der Waals surface area contributed by atoms with Crippen LogP contribution in [0, 0.1) is 0 Å². The van der Waals surface area contributed by atoms with Crippen LogP contribution < -0.4 is 21.5 Å². The third kappa shape index (κ3) is 6.58. The van der Waals surface area contributed by atoms with Gasteiger partial charge in [0.05, 0.1) is 10.9 Å². The first kappa shape index (κ1) is 30.2. The van der Waals surface area contributed by atoms with E-state index in [0.717, 1.165) is 12.1 Å². The number of hydrogen-bond donors (Lipinski definition) is 6. The molecule has 1 aromatic carbocycles. The smallest absolute Gasteiger partial charge is 0.339 e. The average Bonchev–Trinajstić information content (AvgIpc) is 3.48. The van der Waals surface area contributed by atoms with E-state index in [-0.39, 0.29) is 48.9 Å². The van der Waals surface area contributed by atoms with E-state index in [1.54, 1.807) is 0 Å². The van der Waals surface area contributed by atoms with Gasteiger partial charge in [-0.25, -0.2) is 14.8 Å². The standard InChI is InChI=1S/C23H25N3O13S2/c24-14-6-5-12-20-11(3-4-13(20)23(31)36-21(12)22(14)41(33,34)35)15(40-39-38-32)10-16(27)25-9-1-2-19(30)37-26-17(28)7-8-18(26)29/h5-8,11,15,28-29,32H,1-4,9-10,24H2,(H,25,27)(H,33,34,35). The number of aromatic hydroxyl groups is 2. The van der Waals surface area contributed by atoms with Crippen LogP contribution in [0.4, 0.5) is 5.69 Å². The molecule has 0 aliphatic heterocycles. The topological polar surface area (TPSA) is 250 Å². The Morgan fingerprint density at radius 3 is 2.59 bits per heavy atom. The highest BCUT2D eigenvalue weighted by atomic mass is 32.2. The highest BCUT2D eigenvalue weighted by Crippen LogP contribution is 2.45. The number of fused-ring (bicyclic) bond motifs is 3. The molecule has 1 amide bonds. The number of rotatable bonds is 12. The van der Waals surface area contributed by atoms with Gasteiger partial charge < -0.3 is 30.5 Å². The Bertz CT molecular complexity index is 1610. The number of aromatic nitrogens is 1. The Labute approximate surface area is 235 Å². The number of anilines is 1. The molecule has 222 valence electrons. The van der Waals surface area contributed by atoms with Crippen LogP contribution in [0.1, 0.15) is 42.7 Å². The van der Waals surface area contributed by atoms with Crippen molar-refractivity contribution in [1.82, 2.24) is 10.0 Å². The maximum atomic E-state index is 12.8. The first-order chi connectivity index (χ1) is 19.4. The van der Waals surface area contributed by atoms with Gasteiger partial charge >= 0.3 is 11.6 Å². The van der Waals surface area contributed by atoms with Crippen molar-refractivity contribution in [1.29, 1.82) is 0 Å². The number of nitrogen functional groups attached to an aromatic ring is 1. The van der Waals surface area contributed by atoms with Crippen LogP contribution in [-0.2, 0) is 35.5 Å². The van der Waals surface area contributed by atoms with Gasteiger partial charge in [-0.05, 0) is 37.0 Å². The van der Waals surface area contributed by atoms with Gasteiger partial charge in [0.1, 0.15) is 0 Å². The summed E-state index contributed by atoms with van der Waals surface area (Å²) >= 11 is 0.605. The number of amides is 1. The van der Waals surface area contributed by atoms with E-state index >= 15 is 0 Å². The summed E-state index contributed by atoms with van der Waals surface area (Å²) in [5.74, 6) is -2.79. The molecule has 0 saturated heterocycles. The van der Waals surface area contributed by atoms with Crippen LogP contribution in [0.25, 0.3) is 11.0 Å². The third-order valence-electron chi connectivity index (χ3n) is 6.43. The van der Waals surface area contributed by atoms with Crippen LogP contribution >= 0.6 is 12.0 Å². The van der Waals surface area contributed by atoms with Crippen molar-refractivity contribution in [2.75, 3.05) is 12.3 Å². The fourth-order valence-corrected chi connectivity index (χ4v) is 6.24. The molecule has 3 aromatic rings. The second kappa shape index (κ2) is 12.4. The lowest BCUT2D eigenvalue weighted by Gasteiger charge is -2.23. The van der Waals surface area contributed by atoms with E-state index in [1.165, 1.54) is 12.1 Å². The molecule has 2 atom stereocenters. The zero-order valence-electron chi connectivity index (χ0n) is 21.0. The van der Waals surface area contributed by atoms with Crippen LogP contribution in [0.5, 0.6) is 11.8 Å². The minimum absolute atomic E-state index is 0.0527. The van der Waals surface area contributed by atoms with E-state index < -0.39 is 61.0 Å². The lowest BCUT2D eigenvalue weighted by Crippen LogP contribution is -2.30. The molecule has 0 saturated carbocycles. The van der Waals surface area contributed by atoms with Gasteiger partial charge in [0, 0.05) is 60.4 Å². The number of carbonyl (C=O) groups excluding carboxylic acids is 2. The maximum Gasteiger partial charge on any atom is 0.339 e. The van der Waals surface area contributed by atoms with Gasteiger partial charge in [0.2, 0.25) is 17.7 Å². The summed E-state index contributed by atoms with van der Waals surface area (Å²) < 4.78 is 44.1. The summed E-state index contributed by atoms with van der Waals surface area (Å²) in [6.45, 7) is 0.0527. The van der Waals surface area contributed by atoms with Gasteiger partial charge in [-0.15, -0.1) is 9.06 Å². The van der Waals surface area contributed by atoms with E-state index in [2.05, 4.69) is 14.7 Å². The van der Waals surface area contributed by atoms with Gasteiger partial charge in [-0.2, -0.15) is 8.42 Å². The molecule has 0 spiro atoms. The van der Waals surface area contributed by atoms with Crippen LogP contribution in [0.3, 0.4) is 0 Å². The molecule has 41 heavy (non-hydrogen) atoms. The van der Waals surface area contributed by atoms with Crippen molar-refractivity contribution in [2.24, 2.45) is 0 Å². The Balaban J connectivity index is 1.48. The lowest BCUT2D eigenvalue weighted by atomic mass is 9.92. The van der Waals surface area contributed by atoms with E-state index in [4.69, 9.17) is 20.2 Å². The lowest BCUT2D eigenvalue weighted by molar-refractivity contribution is -0.432. The van der Waals surface area contributed by atoms with Gasteiger partial charge in [0.25, 0.3) is 10.1 Å². The second-order valence-electron chi connectivity index (χ2n) is 9.00. The Hall–Kier alpha value is -3.81. The molecule has 0 fully saturated rings. The predicted molar refractivity (Wildman–Crippen MR) is 140 cm³/mol. The summed E-state index contributed by atoms with van der Waals surface area (Å²) in [7, 11) is -4.87. The average molecular weight is 616 g/mol. The summed E-state index contributed by atoms with van der Waals surface area (Å²) in [5.41, 5.74) is 4.79. The molecule has 2 unspecified atom stereocenters. The zero-order chi connectivity index (χ0) is 29.9. The van der Waals surface area contributed by atoms with E-state index in [1.807, 2.05) is 0 Å². The SMILES string of the molecule is Nc1ccc2c3c(c(=O)oc2c1S(=O)(=O)O)CCC3C(CC(=O)NCCCC(=O)On1c(O)ccc1O)SOOO. The van der Waals surface area contributed by atoms with Crippen molar-refractivity contribution in [3.8, 4) is 11.8 Å². The van der Waals surface area contributed by atoms with Crippen molar-refractivity contribution < 1.29 is 56.7 Å². The molecule has 0 radical (unpaired) electrons. The Kier molecular flexibility index (Phi) is 9.10. The van der Waals surface area contributed by atoms with E-state index in [9.17, 15) is 37.6 Å². The number of nitrogens with one attached hydrogen (secondary N) is 1. The second-order valence-corrected chi connectivity index (χ2v) is 11.3. The zero-order valence-corrected chi connectivity index (χ0v) is 22.6. The molecular weight excluding hydrogens is 590 g/mol. The number of nitrogens with zero attached hydrogens (tertiary/aromatic N) is 1. The van der Waals surface area contributed by atoms with Crippen molar-refractivity contribution >= 4 is 50.7 Å².